The lowest BCUT2D eigenvalue weighted by Gasteiger charge is -2.26. The number of methoxy groups -OCH3 is 1. The second-order valence-electron chi connectivity index (χ2n) is 11.0. The highest BCUT2D eigenvalue weighted by atomic mass is 16.5. The SMILES string of the molecule is COCCCN1C(=O)C(=O)C(=C(O)c2ccc(OCc3cccc(C)c3)cc2)[C@@H]1c1ccc(C(C)(C)C)cc1. The Balaban J connectivity index is 1.65. The number of nitrogens with zero attached hydrogens (tertiary/aromatic N) is 1. The Morgan fingerprint density at radius 1 is 0.974 bits per heavy atom. The van der Waals surface area contributed by atoms with E-state index >= 15 is 0 Å². The summed E-state index contributed by atoms with van der Waals surface area (Å²) in [5.41, 5.74) is 4.65. The Morgan fingerprint density at radius 2 is 1.67 bits per heavy atom. The molecular weight excluding hydrogens is 490 g/mol. The summed E-state index contributed by atoms with van der Waals surface area (Å²) in [7, 11) is 1.60. The maximum atomic E-state index is 13.3. The number of Topliss-reactive ketones (excluding diaryl/α,β-unsaturated/α-hetero) is 1. The lowest BCUT2D eigenvalue weighted by atomic mass is 9.85. The molecule has 0 spiro atoms. The van der Waals surface area contributed by atoms with E-state index in [0.717, 1.165) is 22.3 Å². The van der Waals surface area contributed by atoms with Crippen LogP contribution in [-0.2, 0) is 26.3 Å². The second kappa shape index (κ2) is 11.9. The van der Waals surface area contributed by atoms with Crippen molar-refractivity contribution in [3.05, 3.63) is 106 Å². The van der Waals surface area contributed by atoms with Gasteiger partial charge in [-0.2, -0.15) is 0 Å². The highest BCUT2D eigenvalue weighted by molar-refractivity contribution is 6.46. The number of benzene rings is 3. The number of carbonyl (C=O) groups is 2. The maximum absolute atomic E-state index is 13.3. The van der Waals surface area contributed by atoms with E-state index in [-0.39, 0.29) is 16.7 Å². The Kier molecular flexibility index (Phi) is 8.56. The van der Waals surface area contributed by atoms with Gasteiger partial charge < -0.3 is 19.5 Å². The molecule has 4 rings (SSSR count). The molecule has 1 fully saturated rings. The quantitative estimate of drug-likeness (QED) is 0.152. The third-order valence-electron chi connectivity index (χ3n) is 7.00. The maximum Gasteiger partial charge on any atom is 0.295 e. The molecule has 0 aliphatic carbocycles. The lowest BCUT2D eigenvalue weighted by molar-refractivity contribution is -0.140. The highest BCUT2D eigenvalue weighted by Crippen LogP contribution is 2.40. The van der Waals surface area contributed by atoms with Gasteiger partial charge >= 0.3 is 0 Å². The minimum Gasteiger partial charge on any atom is -0.507 e. The molecule has 0 bridgehead atoms. The zero-order chi connectivity index (χ0) is 28.2. The van der Waals surface area contributed by atoms with Crippen molar-refractivity contribution in [2.24, 2.45) is 0 Å². The summed E-state index contributed by atoms with van der Waals surface area (Å²) in [6, 6.07) is 22.3. The van der Waals surface area contributed by atoms with Crippen LogP contribution in [-0.4, -0.2) is 42.0 Å². The van der Waals surface area contributed by atoms with Gasteiger partial charge in [0.05, 0.1) is 11.6 Å². The molecule has 0 saturated carbocycles. The minimum absolute atomic E-state index is 0.0397. The normalized spacial score (nSPS) is 17.1. The summed E-state index contributed by atoms with van der Waals surface area (Å²) in [5.74, 6) is -0.856. The van der Waals surface area contributed by atoms with Crippen molar-refractivity contribution in [1.29, 1.82) is 0 Å². The molecule has 0 aromatic heterocycles. The Labute approximate surface area is 230 Å². The summed E-state index contributed by atoms with van der Waals surface area (Å²) in [5, 5.41) is 11.4. The first-order valence-electron chi connectivity index (χ1n) is 13.3. The van der Waals surface area contributed by atoms with Gasteiger partial charge in [-0.1, -0.05) is 74.9 Å². The van der Waals surface area contributed by atoms with Gasteiger partial charge in [-0.15, -0.1) is 0 Å². The zero-order valence-corrected chi connectivity index (χ0v) is 23.4. The van der Waals surface area contributed by atoms with Crippen LogP contribution in [0.5, 0.6) is 5.75 Å². The molecular formula is C33H37NO5. The lowest BCUT2D eigenvalue weighted by Crippen LogP contribution is -2.31. The van der Waals surface area contributed by atoms with Crippen molar-refractivity contribution < 1.29 is 24.2 Å². The average Bonchev–Trinajstić information content (AvgIpc) is 3.16. The van der Waals surface area contributed by atoms with Crippen molar-refractivity contribution in [2.45, 2.75) is 52.2 Å². The first kappa shape index (κ1) is 28.1. The fourth-order valence-electron chi connectivity index (χ4n) is 4.83. The predicted octanol–water partition coefficient (Wildman–Crippen LogP) is 6.33. The fraction of sp³-hybridized carbons (Fsp3) is 0.333. The Morgan fingerprint density at radius 3 is 2.28 bits per heavy atom. The van der Waals surface area contributed by atoms with Gasteiger partial charge in [0.15, 0.2) is 0 Å². The van der Waals surface area contributed by atoms with Gasteiger partial charge in [-0.05, 0) is 59.7 Å². The number of aliphatic hydroxyl groups is 1. The monoisotopic (exact) mass is 527 g/mol. The summed E-state index contributed by atoms with van der Waals surface area (Å²) in [6.45, 7) is 9.65. The summed E-state index contributed by atoms with van der Waals surface area (Å²) >= 11 is 0. The van der Waals surface area contributed by atoms with Gasteiger partial charge in [-0.25, -0.2) is 0 Å². The van der Waals surface area contributed by atoms with Crippen LogP contribution in [0.1, 0.15) is 61.1 Å². The molecule has 1 aliphatic heterocycles. The number of hydrogen-bond donors (Lipinski definition) is 1. The molecule has 39 heavy (non-hydrogen) atoms. The van der Waals surface area contributed by atoms with Crippen molar-refractivity contribution in [1.82, 2.24) is 4.90 Å². The molecule has 1 saturated heterocycles. The van der Waals surface area contributed by atoms with Crippen LogP contribution in [0.2, 0.25) is 0 Å². The molecule has 1 aliphatic rings. The van der Waals surface area contributed by atoms with Crippen molar-refractivity contribution >= 4 is 17.4 Å². The van der Waals surface area contributed by atoms with Crippen LogP contribution in [0.3, 0.4) is 0 Å². The number of amides is 1. The highest BCUT2D eigenvalue weighted by Gasteiger charge is 2.45. The van der Waals surface area contributed by atoms with E-state index in [1.54, 1.807) is 36.3 Å². The molecule has 0 radical (unpaired) electrons. The summed E-state index contributed by atoms with van der Waals surface area (Å²) in [6.07, 6.45) is 0.576. The van der Waals surface area contributed by atoms with E-state index in [9.17, 15) is 14.7 Å². The van der Waals surface area contributed by atoms with Crippen LogP contribution < -0.4 is 4.74 Å². The predicted molar refractivity (Wildman–Crippen MR) is 153 cm³/mol. The number of aryl methyl sites for hydroxylation is 1. The standard InChI is InChI=1S/C33H37NO5/c1-22-8-6-9-23(20-22)21-39-27-16-12-25(13-17-27)30(35)28-29(24-10-14-26(15-11-24)33(2,3)4)34(18-7-19-38-5)32(37)31(28)36/h6,8-17,20,29,35H,7,18-19,21H2,1-5H3/t29-/m0/s1. The number of ketones is 1. The smallest absolute Gasteiger partial charge is 0.295 e. The molecule has 1 amide bonds. The topological polar surface area (TPSA) is 76.1 Å². The van der Waals surface area contributed by atoms with Gasteiger partial charge in [0, 0.05) is 25.8 Å². The van der Waals surface area contributed by atoms with E-state index in [1.807, 2.05) is 49.4 Å². The fourth-order valence-corrected chi connectivity index (χ4v) is 4.83. The zero-order valence-electron chi connectivity index (χ0n) is 23.4. The third-order valence-corrected chi connectivity index (χ3v) is 7.00. The molecule has 6 nitrogen and oxygen atoms in total. The van der Waals surface area contributed by atoms with Crippen molar-refractivity contribution in [3.63, 3.8) is 0 Å². The summed E-state index contributed by atoms with van der Waals surface area (Å²) < 4.78 is 11.1. The second-order valence-corrected chi connectivity index (χ2v) is 11.0. The molecule has 3 aromatic rings. The minimum atomic E-state index is -0.687. The van der Waals surface area contributed by atoms with Crippen LogP contribution >= 0.6 is 0 Å². The molecule has 6 heteroatoms. The van der Waals surface area contributed by atoms with E-state index in [1.165, 1.54) is 0 Å². The third kappa shape index (κ3) is 6.40. The largest absolute Gasteiger partial charge is 0.507 e. The van der Waals surface area contributed by atoms with Gasteiger partial charge in [0.1, 0.15) is 18.1 Å². The number of carbonyl (C=O) groups excluding carboxylic acids is 2. The van der Waals surface area contributed by atoms with E-state index in [0.29, 0.717) is 37.5 Å². The molecule has 0 unspecified atom stereocenters. The van der Waals surface area contributed by atoms with E-state index < -0.39 is 17.7 Å². The van der Waals surface area contributed by atoms with Crippen LogP contribution in [0.15, 0.2) is 78.4 Å². The van der Waals surface area contributed by atoms with Gasteiger partial charge in [0.2, 0.25) is 0 Å². The molecule has 1 atom stereocenters. The van der Waals surface area contributed by atoms with E-state index in [2.05, 4.69) is 26.8 Å². The van der Waals surface area contributed by atoms with Gasteiger partial charge in [-0.3, -0.25) is 9.59 Å². The first-order chi connectivity index (χ1) is 18.6. The first-order valence-corrected chi connectivity index (χ1v) is 13.3. The summed E-state index contributed by atoms with van der Waals surface area (Å²) in [4.78, 5) is 27.9. The Hall–Kier alpha value is -3.90. The molecule has 3 aromatic carbocycles. The number of rotatable bonds is 9. The number of likely N-dealkylation sites (tertiary alicyclic amines) is 1. The van der Waals surface area contributed by atoms with Crippen molar-refractivity contribution in [3.8, 4) is 5.75 Å². The number of hydrogen-bond acceptors (Lipinski definition) is 5. The average molecular weight is 528 g/mol. The molecule has 204 valence electrons. The molecule has 1 heterocycles. The van der Waals surface area contributed by atoms with Crippen LogP contribution in [0.4, 0.5) is 0 Å². The van der Waals surface area contributed by atoms with Crippen LogP contribution in [0, 0.1) is 6.92 Å². The van der Waals surface area contributed by atoms with Gasteiger partial charge in [0.25, 0.3) is 11.7 Å². The molecule has 1 N–H and O–H groups in total. The van der Waals surface area contributed by atoms with E-state index in [4.69, 9.17) is 9.47 Å². The van der Waals surface area contributed by atoms with Crippen LogP contribution in [0.25, 0.3) is 5.76 Å². The Bertz CT molecular complexity index is 1350. The number of aliphatic hydroxyl groups excluding tert-OH is 1. The number of ether oxygens (including phenoxy) is 2. The van der Waals surface area contributed by atoms with Crippen molar-refractivity contribution in [2.75, 3.05) is 20.3 Å².